The van der Waals surface area contributed by atoms with Gasteiger partial charge in [-0.2, -0.15) is 10.1 Å². The summed E-state index contributed by atoms with van der Waals surface area (Å²) in [4.78, 5) is 22.6. The maximum Gasteiger partial charge on any atom is 0.258 e. The Balaban J connectivity index is 1.58. The van der Waals surface area contributed by atoms with Gasteiger partial charge < -0.3 is 21.7 Å². The normalized spacial score (nSPS) is 21.0. The lowest BCUT2D eigenvalue weighted by Crippen LogP contribution is -2.26. The van der Waals surface area contributed by atoms with E-state index in [1.54, 1.807) is 18.8 Å². The van der Waals surface area contributed by atoms with Crippen LogP contribution in [0.5, 0.6) is 0 Å². The van der Waals surface area contributed by atoms with Crippen LogP contribution in [-0.4, -0.2) is 51.2 Å². The lowest BCUT2D eigenvalue weighted by molar-refractivity contribution is 0.0824. The van der Waals surface area contributed by atoms with Crippen molar-refractivity contribution >= 4 is 35.0 Å². The van der Waals surface area contributed by atoms with Crippen LogP contribution in [0.15, 0.2) is 18.3 Å². The molecule has 0 saturated heterocycles. The Kier molecular flexibility index (Phi) is 5.16. The summed E-state index contributed by atoms with van der Waals surface area (Å²) < 4.78 is 17.4. The van der Waals surface area contributed by atoms with E-state index < -0.39 is 11.7 Å². The molecule has 2 aliphatic rings. The molecule has 1 aliphatic carbocycles. The molecule has 11 heteroatoms. The SMILES string of the molecule is Cc1nc(N)n(C2CCC3(CNc4ncc(-c5ccc(N)c(C(=O)N(C)C)c5F)c(Cl)c43)C2)n1. The molecule has 1 fully saturated rings. The van der Waals surface area contributed by atoms with Crippen molar-refractivity contribution in [1.29, 1.82) is 0 Å². The Bertz CT molecular complexity index is 1320. The molecule has 2 atom stereocenters. The largest absolute Gasteiger partial charge is 0.398 e. The second kappa shape index (κ2) is 7.83. The number of nitrogens with zero attached hydrogens (tertiary/aromatic N) is 5. The lowest BCUT2D eigenvalue weighted by Gasteiger charge is -2.25. The molecule has 1 spiro atoms. The first-order chi connectivity index (χ1) is 16.1. The average Bonchev–Trinajstić information content (AvgIpc) is 3.47. The first-order valence-corrected chi connectivity index (χ1v) is 11.4. The van der Waals surface area contributed by atoms with Crippen molar-refractivity contribution in [2.75, 3.05) is 37.4 Å². The minimum atomic E-state index is -0.711. The third-order valence-corrected chi connectivity index (χ3v) is 7.31. The van der Waals surface area contributed by atoms with Crippen molar-refractivity contribution in [2.24, 2.45) is 0 Å². The highest BCUT2D eigenvalue weighted by atomic mass is 35.5. The fourth-order valence-corrected chi connectivity index (χ4v) is 5.73. The van der Waals surface area contributed by atoms with E-state index in [0.717, 1.165) is 24.8 Å². The summed E-state index contributed by atoms with van der Waals surface area (Å²) in [6.45, 7) is 2.48. The first kappa shape index (κ1) is 22.4. The number of carbonyl (C=O) groups is 1. The van der Waals surface area contributed by atoms with Gasteiger partial charge in [0, 0.05) is 54.6 Å². The predicted octanol–water partition coefficient (Wildman–Crippen LogP) is 3.40. The smallest absolute Gasteiger partial charge is 0.258 e. The third kappa shape index (κ3) is 3.27. The van der Waals surface area contributed by atoms with E-state index in [1.165, 1.54) is 23.2 Å². The molecule has 0 radical (unpaired) electrons. The Morgan fingerprint density at radius 3 is 2.76 bits per heavy atom. The molecular formula is C23H26ClFN8O. The number of halogens is 2. The number of fused-ring (bicyclic) bond motifs is 2. The van der Waals surface area contributed by atoms with E-state index in [-0.39, 0.29) is 28.3 Å². The maximum atomic E-state index is 15.6. The summed E-state index contributed by atoms with van der Waals surface area (Å²) in [7, 11) is 3.10. The summed E-state index contributed by atoms with van der Waals surface area (Å²) >= 11 is 6.96. The monoisotopic (exact) mass is 484 g/mol. The number of nitrogens with one attached hydrogen (secondary N) is 1. The molecule has 3 heterocycles. The van der Waals surface area contributed by atoms with Gasteiger partial charge in [-0.15, -0.1) is 0 Å². The molecule has 1 aromatic carbocycles. The highest BCUT2D eigenvalue weighted by molar-refractivity contribution is 6.34. The van der Waals surface area contributed by atoms with Crippen LogP contribution in [0.3, 0.4) is 0 Å². The van der Waals surface area contributed by atoms with Gasteiger partial charge in [0.05, 0.1) is 16.6 Å². The number of aryl methyl sites for hydroxylation is 1. The Morgan fingerprint density at radius 2 is 2.09 bits per heavy atom. The molecule has 5 N–H and O–H groups in total. The fraction of sp³-hybridized carbons (Fsp3) is 0.391. The van der Waals surface area contributed by atoms with E-state index >= 15 is 4.39 Å². The molecule has 1 saturated carbocycles. The second-order valence-corrected chi connectivity index (χ2v) is 9.67. The van der Waals surface area contributed by atoms with Gasteiger partial charge in [0.15, 0.2) is 0 Å². The summed E-state index contributed by atoms with van der Waals surface area (Å²) in [5.41, 5.74) is 13.1. The highest BCUT2D eigenvalue weighted by Gasteiger charge is 2.48. The zero-order valence-corrected chi connectivity index (χ0v) is 19.9. The van der Waals surface area contributed by atoms with Gasteiger partial charge in [0.25, 0.3) is 5.91 Å². The first-order valence-electron chi connectivity index (χ1n) is 11.0. The number of rotatable bonds is 3. The van der Waals surface area contributed by atoms with Crippen LogP contribution in [0, 0.1) is 12.7 Å². The van der Waals surface area contributed by atoms with E-state index in [1.807, 2.05) is 6.92 Å². The van der Waals surface area contributed by atoms with Gasteiger partial charge in [-0.3, -0.25) is 4.79 Å². The Morgan fingerprint density at radius 1 is 1.32 bits per heavy atom. The van der Waals surface area contributed by atoms with Gasteiger partial charge in [0.1, 0.15) is 17.5 Å². The number of nitrogens with two attached hydrogens (primary N) is 2. The average molecular weight is 485 g/mol. The standard InChI is InChI=1S/C23H26ClFN8O/c1-11-30-22(27)33(31-11)12-6-7-23(8-12)10-29-20-17(23)18(24)14(9-28-20)13-4-5-15(26)16(19(13)25)21(34)32(2)3/h4-5,9,12H,6-8,10,26H2,1-3H3,(H,28,29)(H2,27,30,31). The number of hydrogen-bond acceptors (Lipinski definition) is 7. The van der Waals surface area contributed by atoms with Crippen molar-refractivity contribution in [3.8, 4) is 11.1 Å². The third-order valence-electron chi connectivity index (χ3n) is 6.92. The summed E-state index contributed by atoms with van der Waals surface area (Å²) in [5, 5.41) is 8.25. The minimum absolute atomic E-state index is 0.0719. The molecular weight excluding hydrogens is 459 g/mol. The zero-order chi connectivity index (χ0) is 24.4. The van der Waals surface area contributed by atoms with E-state index in [2.05, 4.69) is 20.4 Å². The second-order valence-electron chi connectivity index (χ2n) is 9.29. The molecule has 5 rings (SSSR count). The molecule has 178 valence electrons. The summed E-state index contributed by atoms with van der Waals surface area (Å²) in [6.07, 6.45) is 3.98. The van der Waals surface area contributed by atoms with Crippen molar-refractivity contribution in [3.63, 3.8) is 0 Å². The number of amides is 1. The van der Waals surface area contributed by atoms with Crippen molar-refractivity contribution in [1.82, 2.24) is 24.6 Å². The van der Waals surface area contributed by atoms with Gasteiger partial charge in [0.2, 0.25) is 5.95 Å². The number of benzene rings is 1. The molecule has 9 nitrogen and oxygen atoms in total. The van der Waals surface area contributed by atoms with E-state index in [0.29, 0.717) is 34.7 Å². The van der Waals surface area contributed by atoms with Crippen LogP contribution in [0.2, 0.25) is 5.02 Å². The molecule has 0 bridgehead atoms. The van der Waals surface area contributed by atoms with Gasteiger partial charge >= 0.3 is 0 Å². The molecule has 3 aromatic rings. The number of pyridine rings is 1. The minimum Gasteiger partial charge on any atom is -0.398 e. The fourth-order valence-electron chi connectivity index (χ4n) is 5.29. The number of nitrogen functional groups attached to an aromatic ring is 2. The van der Waals surface area contributed by atoms with Gasteiger partial charge in [-0.1, -0.05) is 11.6 Å². The van der Waals surface area contributed by atoms with E-state index in [4.69, 9.17) is 23.1 Å². The van der Waals surface area contributed by atoms with Crippen LogP contribution < -0.4 is 16.8 Å². The summed E-state index contributed by atoms with van der Waals surface area (Å²) in [6, 6.07) is 3.14. The maximum absolute atomic E-state index is 15.6. The van der Waals surface area contributed by atoms with Gasteiger partial charge in [-0.05, 0) is 38.3 Å². The van der Waals surface area contributed by atoms with Crippen molar-refractivity contribution in [2.45, 2.75) is 37.6 Å². The highest BCUT2D eigenvalue weighted by Crippen LogP contribution is 2.54. The molecule has 1 amide bonds. The van der Waals surface area contributed by atoms with Crippen molar-refractivity contribution in [3.05, 3.63) is 46.1 Å². The Hall–Kier alpha value is -3.40. The quantitative estimate of drug-likeness (QED) is 0.486. The number of hydrogen-bond donors (Lipinski definition) is 3. The predicted molar refractivity (Wildman–Crippen MR) is 129 cm³/mol. The molecule has 34 heavy (non-hydrogen) atoms. The number of anilines is 3. The van der Waals surface area contributed by atoms with Crippen LogP contribution in [0.4, 0.5) is 21.8 Å². The Labute approximate surface area is 201 Å². The number of aromatic nitrogens is 4. The molecule has 2 unspecified atom stereocenters. The number of carbonyl (C=O) groups excluding carboxylic acids is 1. The van der Waals surface area contributed by atoms with Crippen LogP contribution in [-0.2, 0) is 5.41 Å². The van der Waals surface area contributed by atoms with E-state index in [9.17, 15) is 4.79 Å². The summed E-state index contributed by atoms with van der Waals surface area (Å²) in [5.74, 6) is 0.493. The molecule has 2 aromatic heterocycles. The van der Waals surface area contributed by atoms with Crippen molar-refractivity contribution < 1.29 is 9.18 Å². The van der Waals surface area contributed by atoms with Crippen LogP contribution in [0.1, 0.15) is 47.1 Å². The van der Waals surface area contributed by atoms with Crippen LogP contribution in [0.25, 0.3) is 11.1 Å². The molecule has 1 aliphatic heterocycles. The lowest BCUT2D eigenvalue weighted by atomic mass is 9.80. The van der Waals surface area contributed by atoms with Crippen LogP contribution >= 0.6 is 11.6 Å². The zero-order valence-electron chi connectivity index (χ0n) is 19.2. The van der Waals surface area contributed by atoms with Gasteiger partial charge in [-0.25, -0.2) is 14.1 Å². The topological polar surface area (TPSA) is 128 Å².